The van der Waals surface area contributed by atoms with Crippen LogP contribution < -0.4 is 5.32 Å². The van der Waals surface area contributed by atoms with Crippen molar-refractivity contribution in [2.45, 2.75) is 16.8 Å². The van der Waals surface area contributed by atoms with Crippen LogP contribution in [0.2, 0.25) is 10.0 Å². The topological polar surface area (TPSA) is 37.8 Å². The highest BCUT2D eigenvalue weighted by molar-refractivity contribution is 7.99. The van der Waals surface area contributed by atoms with Crippen LogP contribution in [-0.2, 0) is 0 Å². The number of benzene rings is 1. The van der Waals surface area contributed by atoms with Gasteiger partial charge in [0.05, 0.1) is 22.4 Å². The van der Waals surface area contributed by atoms with Gasteiger partial charge in [0.1, 0.15) is 10.8 Å². The second-order valence-electron chi connectivity index (χ2n) is 3.45. The Kier molecular flexibility index (Phi) is 4.69. The van der Waals surface area contributed by atoms with Crippen LogP contribution in [0.4, 0.5) is 5.82 Å². The number of hydrogen-bond donors (Lipinski definition) is 1. The van der Waals surface area contributed by atoms with Gasteiger partial charge >= 0.3 is 0 Å². The second-order valence-corrected chi connectivity index (χ2v) is 5.36. The summed E-state index contributed by atoms with van der Waals surface area (Å²) < 4.78 is 0. The molecule has 2 aromatic rings. The molecule has 1 N–H and O–H groups in total. The molecule has 0 radical (unpaired) electrons. The summed E-state index contributed by atoms with van der Waals surface area (Å²) in [5.41, 5.74) is 0. The van der Waals surface area contributed by atoms with Crippen LogP contribution in [0, 0.1) is 0 Å². The highest BCUT2D eigenvalue weighted by Gasteiger charge is 2.04. The van der Waals surface area contributed by atoms with Crippen molar-refractivity contribution in [2.24, 2.45) is 0 Å². The summed E-state index contributed by atoms with van der Waals surface area (Å²) in [5, 5.41) is 5.02. The van der Waals surface area contributed by atoms with Crippen molar-refractivity contribution >= 4 is 40.8 Å². The van der Waals surface area contributed by atoms with Gasteiger partial charge in [-0.15, -0.1) is 0 Å². The number of aromatic nitrogens is 2. The molecule has 6 heteroatoms. The van der Waals surface area contributed by atoms with Gasteiger partial charge in [0, 0.05) is 11.4 Å². The highest BCUT2D eigenvalue weighted by Crippen LogP contribution is 2.31. The maximum atomic E-state index is 5.97. The van der Waals surface area contributed by atoms with E-state index in [4.69, 9.17) is 23.2 Å². The summed E-state index contributed by atoms with van der Waals surface area (Å²) >= 11 is 13.3. The normalized spacial score (nSPS) is 10.4. The molecule has 0 aliphatic heterocycles. The van der Waals surface area contributed by atoms with Gasteiger partial charge < -0.3 is 5.32 Å². The fourth-order valence-electron chi connectivity index (χ4n) is 1.32. The quantitative estimate of drug-likeness (QED) is 0.910. The van der Waals surface area contributed by atoms with Crippen molar-refractivity contribution in [1.29, 1.82) is 0 Å². The molecule has 2 rings (SSSR count). The van der Waals surface area contributed by atoms with Gasteiger partial charge in [-0.1, -0.05) is 35.0 Å². The highest BCUT2D eigenvalue weighted by atomic mass is 35.5. The number of anilines is 1. The first-order valence-corrected chi connectivity index (χ1v) is 6.95. The molecule has 0 atom stereocenters. The average molecular weight is 300 g/mol. The zero-order valence-corrected chi connectivity index (χ0v) is 12.0. The predicted molar refractivity (Wildman–Crippen MR) is 76.8 cm³/mol. The Bertz CT molecular complexity index is 549. The van der Waals surface area contributed by atoms with E-state index in [1.165, 1.54) is 11.8 Å². The van der Waals surface area contributed by atoms with Crippen molar-refractivity contribution in [2.75, 3.05) is 11.9 Å². The lowest BCUT2D eigenvalue weighted by atomic mass is 10.4. The fourth-order valence-corrected chi connectivity index (χ4v) is 2.50. The maximum Gasteiger partial charge on any atom is 0.145 e. The Hall–Kier alpha value is -0.970. The smallest absolute Gasteiger partial charge is 0.145 e. The predicted octanol–water partition coefficient (Wildman–Crippen LogP) is 4.37. The van der Waals surface area contributed by atoms with Crippen molar-refractivity contribution in [1.82, 2.24) is 9.97 Å². The van der Waals surface area contributed by atoms with E-state index in [0.29, 0.717) is 10.0 Å². The van der Waals surface area contributed by atoms with Crippen LogP contribution in [-0.4, -0.2) is 16.5 Å². The molecule has 0 aliphatic carbocycles. The molecule has 0 fully saturated rings. The van der Waals surface area contributed by atoms with Gasteiger partial charge in [0.25, 0.3) is 0 Å². The zero-order valence-electron chi connectivity index (χ0n) is 9.65. The molecule has 0 saturated heterocycles. The first kappa shape index (κ1) is 13.5. The number of nitrogens with one attached hydrogen (secondary N) is 1. The Morgan fingerprint density at radius 1 is 1.22 bits per heavy atom. The van der Waals surface area contributed by atoms with Gasteiger partial charge in [-0.2, -0.15) is 0 Å². The van der Waals surface area contributed by atoms with Crippen LogP contribution in [0.5, 0.6) is 0 Å². The minimum atomic E-state index is 0.539. The van der Waals surface area contributed by atoms with Crippen molar-refractivity contribution in [3.05, 3.63) is 40.6 Å². The molecule has 0 amide bonds. The molecule has 1 heterocycles. The maximum absolute atomic E-state index is 5.97. The monoisotopic (exact) mass is 299 g/mol. The van der Waals surface area contributed by atoms with Gasteiger partial charge in [-0.25, -0.2) is 4.98 Å². The fraction of sp³-hybridized carbons (Fsp3) is 0.167. The minimum absolute atomic E-state index is 0.539. The molecule has 1 aromatic heterocycles. The van der Waals surface area contributed by atoms with E-state index in [2.05, 4.69) is 15.3 Å². The zero-order chi connectivity index (χ0) is 13.0. The molecule has 0 saturated carbocycles. The van der Waals surface area contributed by atoms with E-state index in [1.807, 2.05) is 19.1 Å². The molecule has 0 bridgehead atoms. The lowest BCUT2D eigenvalue weighted by Crippen LogP contribution is -2.00. The Morgan fingerprint density at radius 2 is 2.06 bits per heavy atom. The molecule has 0 aliphatic rings. The summed E-state index contributed by atoms with van der Waals surface area (Å²) in [7, 11) is 0. The molecule has 0 unspecified atom stereocenters. The van der Waals surface area contributed by atoms with Gasteiger partial charge in [-0.3, -0.25) is 4.98 Å². The summed E-state index contributed by atoms with van der Waals surface area (Å²) in [5.74, 6) is 0.766. The first-order valence-electron chi connectivity index (χ1n) is 5.38. The molecule has 3 nitrogen and oxygen atoms in total. The van der Waals surface area contributed by atoms with Gasteiger partial charge in [-0.05, 0) is 25.1 Å². The number of nitrogens with zero attached hydrogens (tertiary/aromatic N) is 2. The summed E-state index contributed by atoms with van der Waals surface area (Å²) in [4.78, 5) is 9.54. The van der Waals surface area contributed by atoms with Crippen LogP contribution in [0.15, 0.2) is 40.5 Å². The van der Waals surface area contributed by atoms with Crippen LogP contribution >= 0.6 is 35.0 Å². The summed E-state index contributed by atoms with van der Waals surface area (Å²) in [6.45, 7) is 2.83. The lowest BCUT2D eigenvalue weighted by Gasteiger charge is -2.05. The molecule has 94 valence electrons. The van der Waals surface area contributed by atoms with E-state index in [-0.39, 0.29) is 0 Å². The van der Waals surface area contributed by atoms with Crippen molar-refractivity contribution < 1.29 is 0 Å². The minimum Gasteiger partial charge on any atom is -0.369 e. The van der Waals surface area contributed by atoms with Gasteiger partial charge in [0.15, 0.2) is 0 Å². The third-order valence-electron chi connectivity index (χ3n) is 2.08. The van der Waals surface area contributed by atoms with E-state index in [1.54, 1.807) is 18.5 Å². The standard InChI is InChI=1S/C12H11Cl2N3S/c1-2-16-11-6-15-7-12(17-11)18-8-3-4-9(13)10(14)5-8/h3-7H,2H2,1H3,(H,16,17). The van der Waals surface area contributed by atoms with Crippen LogP contribution in [0.3, 0.4) is 0 Å². The summed E-state index contributed by atoms with van der Waals surface area (Å²) in [6.07, 6.45) is 3.41. The third kappa shape index (κ3) is 3.51. The Morgan fingerprint density at radius 3 is 2.78 bits per heavy atom. The van der Waals surface area contributed by atoms with Crippen LogP contribution in [0.25, 0.3) is 0 Å². The Balaban J connectivity index is 2.17. The van der Waals surface area contributed by atoms with Crippen LogP contribution in [0.1, 0.15) is 6.92 Å². The van der Waals surface area contributed by atoms with Gasteiger partial charge in [0.2, 0.25) is 0 Å². The average Bonchev–Trinajstić information content (AvgIpc) is 2.35. The van der Waals surface area contributed by atoms with E-state index >= 15 is 0 Å². The first-order chi connectivity index (χ1) is 8.69. The third-order valence-corrected chi connectivity index (χ3v) is 3.72. The largest absolute Gasteiger partial charge is 0.369 e. The molecular formula is C12H11Cl2N3S. The summed E-state index contributed by atoms with van der Waals surface area (Å²) in [6, 6.07) is 5.49. The number of rotatable bonds is 4. The SMILES string of the molecule is CCNc1cncc(Sc2ccc(Cl)c(Cl)c2)n1. The number of halogens is 2. The molecule has 0 spiro atoms. The molecular weight excluding hydrogens is 289 g/mol. The Labute approximate surface area is 120 Å². The van der Waals surface area contributed by atoms with Crippen molar-refractivity contribution in [3.63, 3.8) is 0 Å². The second kappa shape index (κ2) is 6.27. The lowest BCUT2D eigenvalue weighted by molar-refractivity contribution is 1.03. The molecule has 1 aromatic carbocycles. The van der Waals surface area contributed by atoms with E-state index < -0.39 is 0 Å². The van der Waals surface area contributed by atoms with E-state index in [0.717, 1.165) is 22.3 Å². The molecule has 18 heavy (non-hydrogen) atoms. The number of hydrogen-bond acceptors (Lipinski definition) is 4. The van der Waals surface area contributed by atoms with E-state index in [9.17, 15) is 0 Å². The van der Waals surface area contributed by atoms with Crippen molar-refractivity contribution in [3.8, 4) is 0 Å².